The highest BCUT2D eigenvalue weighted by Crippen LogP contribution is 2.21. The summed E-state index contributed by atoms with van der Waals surface area (Å²) in [5, 5.41) is 5.27. The van der Waals surface area contributed by atoms with Crippen molar-refractivity contribution in [3.8, 4) is 0 Å². The number of carbonyl (C=O) groups excluding carboxylic acids is 2. The highest BCUT2D eigenvalue weighted by Gasteiger charge is 2.18. The zero-order valence-corrected chi connectivity index (χ0v) is 14.6. The van der Waals surface area contributed by atoms with Crippen molar-refractivity contribution in [1.82, 2.24) is 5.32 Å². The maximum Gasteiger partial charge on any atom is 0.312 e. The SMILES string of the molecule is Cc1cc(F)ccc1NC(=O)CC(NC(N)=O)c1ccc(Br)cc1. The van der Waals surface area contributed by atoms with Crippen LogP contribution < -0.4 is 16.4 Å². The largest absolute Gasteiger partial charge is 0.352 e. The standard InChI is InChI=1S/C17H17BrFN3O2/c1-10-8-13(19)6-7-14(10)21-16(23)9-15(22-17(20)24)11-2-4-12(18)5-3-11/h2-8,15H,9H2,1H3,(H,21,23)(H3,20,22,24). The van der Waals surface area contributed by atoms with E-state index in [-0.39, 0.29) is 18.1 Å². The molecule has 3 amide bonds. The second-order valence-corrected chi connectivity index (χ2v) is 6.24. The molecule has 1 unspecified atom stereocenters. The molecule has 0 bridgehead atoms. The molecule has 4 N–H and O–H groups in total. The highest BCUT2D eigenvalue weighted by molar-refractivity contribution is 9.10. The first-order valence-corrected chi connectivity index (χ1v) is 8.02. The molecule has 2 aromatic carbocycles. The van der Waals surface area contributed by atoms with Gasteiger partial charge in [-0.2, -0.15) is 0 Å². The van der Waals surface area contributed by atoms with Gasteiger partial charge >= 0.3 is 6.03 Å². The van der Waals surface area contributed by atoms with E-state index in [1.165, 1.54) is 18.2 Å². The molecule has 24 heavy (non-hydrogen) atoms. The van der Waals surface area contributed by atoms with E-state index in [2.05, 4.69) is 26.6 Å². The quantitative estimate of drug-likeness (QED) is 0.724. The van der Waals surface area contributed by atoms with Crippen molar-refractivity contribution in [2.75, 3.05) is 5.32 Å². The van der Waals surface area contributed by atoms with Gasteiger partial charge in [0.1, 0.15) is 5.82 Å². The number of hydrogen-bond acceptors (Lipinski definition) is 2. The molecule has 0 fully saturated rings. The van der Waals surface area contributed by atoms with Gasteiger partial charge in [0.15, 0.2) is 0 Å². The number of rotatable bonds is 5. The zero-order chi connectivity index (χ0) is 17.7. The fourth-order valence-electron chi connectivity index (χ4n) is 2.27. The number of anilines is 1. The van der Waals surface area contributed by atoms with E-state index in [0.29, 0.717) is 11.3 Å². The predicted molar refractivity (Wildman–Crippen MR) is 94.0 cm³/mol. The number of hydrogen-bond donors (Lipinski definition) is 3. The normalized spacial score (nSPS) is 11.6. The summed E-state index contributed by atoms with van der Waals surface area (Å²) in [5.41, 5.74) is 7.09. The molecule has 0 aliphatic carbocycles. The minimum absolute atomic E-state index is 0.00138. The molecule has 2 aromatic rings. The minimum Gasteiger partial charge on any atom is -0.352 e. The lowest BCUT2D eigenvalue weighted by molar-refractivity contribution is -0.116. The minimum atomic E-state index is -0.714. The highest BCUT2D eigenvalue weighted by atomic mass is 79.9. The molecule has 7 heteroatoms. The maximum absolute atomic E-state index is 13.1. The summed E-state index contributed by atoms with van der Waals surface area (Å²) < 4.78 is 14.0. The molecule has 0 aliphatic rings. The molecule has 0 saturated heterocycles. The monoisotopic (exact) mass is 393 g/mol. The van der Waals surface area contributed by atoms with Crippen molar-refractivity contribution in [1.29, 1.82) is 0 Å². The number of carbonyl (C=O) groups is 2. The van der Waals surface area contributed by atoms with E-state index in [1.807, 2.05) is 12.1 Å². The second kappa shape index (κ2) is 7.92. The number of primary amides is 1. The summed E-state index contributed by atoms with van der Waals surface area (Å²) in [6.07, 6.45) is 0.00138. The lowest BCUT2D eigenvalue weighted by Gasteiger charge is -2.18. The van der Waals surface area contributed by atoms with Crippen LogP contribution in [0, 0.1) is 12.7 Å². The Balaban J connectivity index is 2.12. The van der Waals surface area contributed by atoms with Crippen molar-refractivity contribution in [2.45, 2.75) is 19.4 Å². The Kier molecular flexibility index (Phi) is 5.92. The number of nitrogens with one attached hydrogen (secondary N) is 2. The molecule has 0 aromatic heterocycles. The van der Waals surface area contributed by atoms with Gasteiger partial charge in [-0.25, -0.2) is 9.18 Å². The summed E-state index contributed by atoms with van der Waals surface area (Å²) in [4.78, 5) is 23.5. The first-order valence-electron chi connectivity index (χ1n) is 7.22. The molecule has 1 atom stereocenters. The average molecular weight is 394 g/mol. The van der Waals surface area contributed by atoms with Crippen molar-refractivity contribution in [3.63, 3.8) is 0 Å². The number of nitrogens with two attached hydrogens (primary N) is 1. The zero-order valence-electron chi connectivity index (χ0n) is 13.0. The Morgan fingerprint density at radius 3 is 2.46 bits per heavy atom. The third-order valence-corrected chi connectivity index (χ3v) is 3.97. The van der Waals surface area contributed by atoms with Crippen LogP contribution in [0.3, 0.4) is 0 Å². The fourth-order valence-corrected chi connectivity index (χ4v) is 2.54. The summed E-state index contributed by atoms with van der Waals surface area (Å²) in [5.74, 6) is -0.681. The lowest BCUT2D eigenvalue weighted by Crippen LogP contribution is -2.35. The van der Waals surface area contributed by atoms with Crippen molar-refractivity contribution >= 4 is 33.6 Å². The molecule has 0 spiro atoms. The molecule has 0 heterocycles. The molecule has 0 radical (unpaired) electrons. The van der Waals surface area contributed by atoms with E-state index < -0.39 is 12.1 Å². The van der Waals surface area contributed by atoms with Gasteiger partial charge in [0, 0.05) is 10.2 Å². The van der Waals surface area contributed by atoms with E-state index in [0.717, 1.165) is 10.0 Å². The molecule has 5 nitrogen and oxygen atoms in total. The average Bonchev–Trinajstić information content (AvgIpc) is 2.50. The molecule has 0 aliphatic heterocycles. The van der Waals surface area contributed by atoms with Gasteiger partial charge in [-0.15, -0.1) is 0 Å². The van der Waals surface area contributed by atoms with Crippen molar-refractivity contribution in [2.24, 2.45) is 5.73 Å². The van der Waals surface area contributed by atoms with Gasteiger partial charge in [0.2, 0.25) is 5.91 Å². The first-order chi connectivity index (χ1) is 11.3. The number of benzene rings is 2. The van der Waals surface area contributed by atoms with E-state index in [9.17, 15) is 14.0 Å². The topological polar surface area (TPSA) is 84.2 Å². The number of aryl methyl sites for hydroxylation is 1. The van der Waals surface area contributed by atoms with Gasteiger partial charge in [-0.05, 0) is 48.4 Å². The lowest BCUT2D eigenvalue weighted by atomic mass is 10.0. The Labute approximate surface area is 147 Å². The molecule has 0 saturated carbocycles. The Hall–Kier alpha value is -2.41. The van der Waals surface area contributed by atoms with Gasteiger partial charge in [-0.1, -0.05) is 28.1 Å². The summed E-state index contributed by atoms with van der Waals surface area (Å²) in [6, 6.07) is 10.0. The van der Waals surface area contributed by atoms with Crippen molar-refractivity contribution < 1.29 is 14.0 Å². The van der Waals surface area contributed by atoms with E-state index >= 15 is 0 Å². The molecule has 2 rings (SSSR count). The fraction of sp³-hybridized carbons (Fsp3) is 0.176. The summed E-state index contributed by atoms with van der Waals surface area (Å²) in [7, 11) is 0. The van der Waals surface area contributed by atoms with Crippen LogP contribution in [0.4, 0.5) is 14.9 Å². The van der Waals surface area contributed by atoms with Gasteiger partial charge in [-0.3, -0.25) is 4.79 Å². The van der Waals surface area contributed by atoms with Crippen LogP contribution in [0.2, 0.25) is 0 Å². The Bertz CT molecular complexity index is 750. The second-order valence-electron chi connectivity index (χ2n) is 5.32. The smallest absolute Gasteiger partial charge is 0.312 e. The first kappa shape index (κ1) is 17.9. The van der Waals surface area contributed by atoms with E-state index in [1.54, 1.807) is 19.1 Å². The summed E-state index contributed by atoms with van der Waals surface area (Å²) in [6.45, 7) is 1.70. The number of urea groups is 1. The van der Waals surface area contributed by atoms with Gasteiger partial charge in [0.25, 0.3) is 0 Å². The third-order valence-electron chi connectivity index (χ3n) is 3.44. The number of halogens is 2. The van der Waals surface area contributed by atoms with Crippen LogP contribution in [0.15, 0.2) is 46.9 Å². The van der Waals surface area contributed by atoms with Crippen LogP contribution in [0.25, 0.3) is 0 Å². The van der Waals surface area contributed by atoms with Crippen LogP contribution >= 0.6 is 15.9 Å². The molecular weight excluding hydrogens is 377 g/mol. The molecular formula is C17H17BrFN3O2. The number of amides is 3. The van der Waals surface area contributed by atoms with Crippen LogP contribution in [0.1, 0.15) is 23.6 Å². The summed E-state index contributed by atoms with van der Waals surface area (Å²) >= 11 is 3.33. The van der Waals surface area contributed by atoms with Crippen LogP contribution in [0.5, 0.6) is 0 Å². The van der Waals surface area contributed by atoms with Gasteiger partial charge in [0.05, 0.1) is 12.5 Å². The predicted octanol–water partition coefficient (Wildman–Crippen LogP) is 3.63. The maximum atomic E-state index is 13.1. The van der Waals surface area contributed by atoms with Crippen molar-refractivity contribution in [3.05, 3.63) is 63.9 Å². The van der Waals surface area contributed by atoms with E-state index in [4.69, 9.17) is 5.73 Å². The van der Waals surface area contributed by atoms with Gasteiger partial charge < -0.3 is 16.4 Å². The third kappa shape index (κ3) is 5.06. The van der Waals surface area contributed by atoms with Crippen LogP contribution in [-0.2, 0) is 4.79 Å². The van der Waals surface area contributed by atoms with Crippen LogP contribution in [-0.4, -0.2) is 11.9 Å². The Morgan fingerprint density at radius 2 is 1.88 bits per heavy atom. The molecule has 126 valence electrons. The Morgan fingerprint density at radius 1 is 1.21 bits per heavy atom.